The van der Waals surface area contributed by atoms with Gasteiger partial charge in [0.15, 0.2) is 0 Å². The van der Waals surface area contributed by atoms with Gasteiger partial charge in [0.1, 0.15) is 5.82 Å². The van der Waals surface area contributed by atoms with E-state index < -0.39 is 0 Å². The van der Waals surface area contributed by atoms with Crippen molar-refractivity contribution in [3.8, 4) is 0 Å². The van der Waals surface area contributed by atoms with Gasteiger partial charge in [0, 0.05) is 5.56 Å². The molecule has 0 aromatic heterocycles. The molecule has 0 spiro atoms. The van der Waals surface area contributed by atoms with Crippen LogP contribution in [0.1, 0.15) is 31.9 Å². The Morgan fingerprint density at radius 1 is 1.56 bits per heavy atom. The van der Waals surface area contributed by atoms with Crippen LogP contribution in [0.5, 0.6) is 0 Å². The zero-order valence-electron chi connectivity index (χ0n) is 9.69. The fourth-order valence-corrected chi connectivity index (χ4v) is 1.76. The van der Waals surface area contributed by atoms with Crippen LogP contribution in [0.2, 0.25) is 5.02 Å². The van der Waals surface area contributed by atoms with E-state index in [1.807, 2.05) is 6.92 Å². The highest BCUT2D eigenvalue weighted by atomic mass is 35.5. The second-order valence-electron chi connectivity index (χ2n) is 3.88. The van der Waals surface area contributed by atoms with Crippen molar-refractivity contribution in [2.75, 3.05) is 6.54 Å². The van der Waals surface area contributed by atoms with Crippen LogP contribution in [0.15, 0.2) is 30.4 Å². The minimum atomic E-state index is -0.360. The molecular weight excluding hydrogens is 225 g/mol. The van der Waals surface area contributed by atoms with Crippen molar-refractivity contribution in [1.29, 1.82) is 0 Å². The molecule has 0 radical (unpaired) electrons. The van der Waals surface area contributed by atoms with Crippen LogP contribution in [-0.2, 0) is 0 Å². The Morgan fingerprint density at radius 3 is 2.81 bits per heavy atom. The summed E-state index contributed by atoms with van der Waals surface area (Å²) in [5.74, 6) is -0.360. The average Bonchev–Trinajstić information content (AvgIpc) is 2.24. The van der Waals surface area contributed by atoms with Gasteiger partial charge in [-0.2, -0.15) is 0 Å². The van der Waals surface area contributed by atoms with E-state index in [0.717, 1.165) is 18.5 Å². The molecule has 1 aromatic carbocycles. The van der Waals surface area contributed by atoms with E-state index in [-0.39, 0.29) is 16.9 Å². The van der Waals surface area contributed by atoms with Crippen LogP contribution in [0.25, 0.3) is 0 Å². The maximum absolute atomic E-state index is 13.8. The molecule has 16 heavy (non-hydrogen) atoms. The number of rotatable bonds is 5. The Kier molecular flexibility index (Phi) is 4.97. The van der Waals surface area contributed by atoms with Crippen molar-refractivity contribution in [3.05, 3.63) is 46.8 Å². The molecule has 0 aliphatic carbocycles. The summed E-state index contributed by atoms with van der Waals surface area (Å²) in [7, 11) is 0. The van der Waals surface area contributed by atoms with Crippen molar-refractivity contribution < 1.29 is 4.39 Å². The van der Waals surface area contributed by atoms with E-state index in [1.54, 1.807) is 18.2 Å². The van der Waals surface area contributed by atoms with Gasteiger partial charge in [-0.05, 0) is 26.0 Å². The van der Waals surface area contributed by atoms with Crippen LogP contribution in [0.4, 0.5) is 4.39 Å². The maximum Gasteiger partial charge on any atom is 0.146 e. The Hall–Kier alpha value is -0.860. The second kappa shape index (κ2) is 6.02. The van der Waals surface area contributed by atoms with E-state index in [4.69, 9.17) is 11.6 Å². The standard InChI is InChI=1S/C13H17ClFN/c1-4-8-16-13(9(2)3)10-6-5-7-11(14)12(10)15/h5-7,13,16H,2,4,8H2,1,3H3. The third-order valence-electron chi connectivity index (χ3n) is 2.38. The Labute approximate surface area is 101 Å². The molecule has 1 atom stereocenters. The lowest BCUT2D eigenvalue weighted by Gasteiger charge is -2.20. The topological polar surface area (TPSA) is 12.0 Å². The molecule has 0 saturated carbocycles. The SMILES string of the molecule is C=C(C)C(NCCC)c1cccc(Cl)c1F. The summed E-state index contributed by atoms with van der Waals surface area (Å²) in [6, 6.07) is 4.88. The van der Waals surface area contributed by atoms with Gasteiger partial charge in [0.05, 0.1) is 11.1 Å². The molecule has 0 heterocycles. The first-order valence-electron chi connectivity index (χ1n) is 5.40. The molecule has 1 N–H and O–H groups in total. The highest BCUT2D eigenvalue weighted by Gasteiger charge is 2.17. The van der Waals surface area contributed by atoms with Gasteiger partial charge in [0.25, 0.3) is 0 Å². The summed E-state index contributed by atoms with van der Waals surface area (Å²) in [5, 5.41) is 3.41. The molecule has 1 unspecified atom stereocenters. The van der Waals surface area contributed by atoms with Crippen LogP contribution >= 0.6 is 11.6 Å². The van der Waals surface area contributed by atoms with Crippen molar-refractivity contribution in [2.45, 2.75) is 26.3 Å². The molecular formula is C13H17ClFN. The van der Waals surface area contributed by atoms with Gasteiger partial charge in [-0.1, -0.05) is 42.8 Å². The van der Waals surface area contributed by atoms with Crippen LogP contribution in [0, 0.1) is 5.82 Å². The average molecular weight is 242 g/mol. The van der Waals surface area contributed by atoms with Crippen LogP contribution in [0.3, 0.4) is 0 Å². The lowest BCUT2D eigenvalue weighted by molar-refractivity contribution is 0.542. The molecule has 3 heteroatoms. The molecule has 0 fully saturated rings. The number of benzene rings is 1. The molecule has 1 aromatic rings. The van der Waals surface area contributed by atoms with Crippen molar-refractivity contribution in [1.82, 2.24) is 5.32 Å². The molecule has 0 saturated heterocycles. The van der Waals surface area contributed by atoms with Crippen molar-refractivity contribution in [2.24, 2.45) is 0 Å². The monoisotopic (exact) mass is 241 g/mol. The molecule has 1 nitrogen and oxygen atoms in total. The summed E-state index contributed by atoms with van der Waals surface area (Å²) in [6.07, 6.45) is 0.992. The van der Waals surface area contributed by atoms with Gasteiger partial charge < -0.3 is 5.32 Å². The second-order valence-corrected chi connectivity index (χ2v) is 4.28. The summed E-state index contributed by atoms with van der Waals surface area (Å²) in [6.45, 7) is 8.66. The van der Waals surface area contributed by atoms with E-state index in [1.165, 1.54) is 0 Å². The van der Waals surface area contributed by atoms with Crippen LogP contribution < -0.4 is 5.32 Å². The Bertz CT molecular complexity index is 376. The molecule has 0 amide bonds. The maximum atomic E-state index is 13.8. The lowest BCUT2D eigenvalue weighted by atomic mass is 10.0. The predicted molar refractivity (Wildman–Crippen MR) is 67.3 cm³/mol. The summed E-state index contributed by atoms with van der Waals surface area (Å²) >= 11 is 5.76. The zero-order chi connectivity index (χ0) is 12.1. The quantitative estimate of drug-likeness (QED) is 0.766. The number of hydrogen-bond acceptors (Lipinski definition) is 1. The first-order chi connectivity index (χ1) is 7.57. The van der Waals surface area contributed by atoms with Crippen molar-refractivity contribution in [3.63, 3.8) is 0 Å². The largest absolute Gasteiger partial charge is 0.306 e. The highest BCUT2D eigenvalue weighted by Crippen LogP contribution is 2.27. The van der Waals surface area contributed by atoms with Crippen LogP contribution in [-0.4, -0.2) is 6.54 Å². The molecule has 0 aliphatic rings. The van der Waals surface area contributed by atoms with Gasteiger partial charge in [-0.15, -0.1) is 0 Å². The van der Waals surface area contributed by atoms with Gasteiger partial charge in [-0.25, -0.2) is 4.39 Å². The molecule has 88 valence electrons. The first-order valence-corrected chi connectivity index (χ1v) is 5.78. The molecule has 0 aliphatic heterocycles. The Morgan fingerprint density at radius 2 is 2.25 bits per heavy atom. The van der Waals surface area contributed by atoms with Gasteiger partial charge >= 0.3 is 0 Å². The summed E-state index contributed by atoms with van der Waals surface area (Å²) in [4.78, 5) is 0. The third kappa shape index (κ3) is 3.06. The van der Waals surface area contributed by atoms with E-state index in [9.17, 15) is 4.39 Å². The van der Waals surface area contributed by atoms with E-state index in [0.29, 0.717) is 5.56 Å². The van der Waals surface area contributed by atoms with Gasteiger partial charge in [0.2, 0.25) is 0 Å². The fraction of sp³-hybridized carbons (Fsp3) is 0.385. The number of halogens is 2. The predicted octanol–water partition coefficient (Wildman–Crippen LogP) is 4.10. The first kappa shape index (κ1) is 13.2. The van der Waals surface area contributed by atoms with E-state index >= 15 is 0 Å². The zero-order valence-corrected chi connectivity index (χ0v) is 10.4. The van der Waals surface area contributed by atoms with Crippen molar-refractivity contribution >= 4 is 11.6 Å². The molecule has 0 bridgehead atoms. The smallest absolute Gasteiger partial charge is 0.146 e. The number of hydrogen-bond donors (Lipinski definition) is 1. The summed E-state index contributed by atoms with van der Waals surface area (Å²) < 4.78 is 13.8. The lowest BCUT2D eigenvalue weighted by Crippen LogP contribution is -2.23. The Balaban J connectivity index is 3.01. The minimum Gasteiger partial charge on any atom is -0.306 e. The normalized spacial score (nSPS) is 12.5. The van der Waals surface area contributed by atoms with Gasteiger partial charge in [-0.3, -0.25) is 0 Å². The molecule has 1 rings (SSSR count). The van der Waals surface area contributed by atoms with E-state index in [2.05, 4.69) is 18.8 Å². The number of nitrogens with one attached hydrogen (secondary N) is 1. The minimum absolute atomic E-state index is 0.155. The third-order valence-corrected chi connectivity index (χ3v) is 2.68. The highest BCUT2D eigenvalue weighted by molar-refractivity contribution is 6.30. The fourth-order valence-electron chi connectivity index (χ4n) is 1.58. The summed E-state index contributed by atoms with van der Waals surface area (Å²) in [5.41, 5.74) is 1.45.